The number of carboxylic acid groups (broad SMARTS) is 1. The topological polar surface area (TPSA) is 131 Å². The van der Waals surface area contributed by atoms with Crippen molar-refractivity contribution in [2.45, 2.75) is 32.7 Å². The number of carbonyl (C=O) groups excluding carboxylic acids is 3. The molecule has 0 aromatic heterocycles. The molecule has 1 atom stereocenters. The van der Waals surface area contributed by atoms with E-state index in [2.05, 4.69) is 10.6 Å². The molecule has 0 radical (unpaired) electrons. The summed E-state index contributed by atoms with van der Waals surface area (Å²) >= 11 is 0. The van der Waals surface area contributed by atoms with Crippen molar-refractivity contribution < 1.29 is 33.8 Å². The monoisotopic (exact) mass is 346 g/mol. The summed E-state index contributed by atoms with van der Waals surface area (Å²) < 4.78 is 10.2. The zero-order valence-corrected chi connectivity index (χ0v) is 14.1. The Bertz CT molecular complexity index is 413. The van der Waals surface area contributed by atoms with Gasteiger partial charge in [0.1, 0.15) is 18.4 Å². The van der Waals surface area contributed by atoms with Crippen molar-refractivity contribution in [3.63, 3.8) is 0 Å². The largest absolute Gasteiger partial charge is 0.480 e. The molecule has 0 spiro atoms. The van der Waals surface area contributed by atoms with Crippen LogP contribution in [-0.4, -0.2) is 68.2 Å². The van der Waals surface area contributed by atoms with E-state index in [1.165, 1.54) is 0 Å². The summed E-state index contributed by atoms with van der Waals surface area (Å²) in [5, 5.41) is 13.8. The van der Waals surface area contributed by atoms with Gasteiger partial charge in [-0.25, -0.2) is 4.79 Å². The summed E-state index contributed by atoms with van der Waals surface area (Å²) in [6, 6.07) is -1.12. The lowest BCUT2D eigenvalue weighted by Gasteiger charge is -2.15. The molecule has 0 aromatic rings. The van der Waals surface area contributed by atoms with Crippen LogP contribution in [0, 0.1) is 5.92 Å². The highest BCUT2D eigenvalue weighted by molar-refractivity contribution is 5.85. The Balaban J connectivity index is 3.89. The second kappa shape index (κ2) is 13.4. The molecule has 0 aliphatic carbocycles. The molecule has 0 saturated heterocycles. The number of ketones is 1. The van der Waals surface area contributed by atoms with E-state index >= 15 is 0 Å². The average Bonchev–Trinajstić information content (AvgIpc) is 2.53. The number of carboxylic acids is 1. The Labute approximate surface area is 141 Å². The van der Waals surface area contributed by atoms with E-state index in [4.69, 9.17) is 14.6 Å². The van der Waals surface area contributed by atoms with Crippen LogP contribution in [0.25, 0.3) is 0 Å². The van der Waals surface area contributed by atoms with Crippen molar-refractivity contribution in [1.82, 2.24) is 10.6 Å². The van der Waals surface area contributed by atoms with Gasteiger partial charge in [-0.15, -0.1) is 0 Å². The standard InChI is InChI=1S/C15H26N2O7/c1-11(2)13(19)4-3-12(15(21)22)17-14(20)9-24-8-7-23-6-5-16-10-18/h10-12H,3-9H2,1-2H3,(H,16,18)(H,17,20)(H,21,22)/t12-/m0/s1. The van der Waals surface area contributed by atoms with Gasteiger partial charge in [-0.05, 0) is 6.42 Å². The number of amides is 2. The molecule has 0 aromatic carbocycles. The van der Waals surface area contributed by atoms with E-state index in [0.29, 0.717) is 19.6 Å². The minimum atomic E-state index is -1.19. The Morgan fingerprint density at radius 2 is 1.79 bits per heavy atom. The predicted octanol–water partition coefficient (Wildman–Crippen LogP) is -0.660. The van der Waals surface area contributed by atoms with E-state index in [-0.39, 0.29) is 44.4 Å². The maximum absolute atomic E-state index is 11.6. The van der Waals surface area contributed by atoms with Gasteiger partial charge in [0.15, 0.2) is 0 Å². The normalized spacial score (nSPS) is 11.8. The fraction of sp³-hybridized carbons (Fsp3) is 0.733. The number of Topliss-reactive ketones (excluding diaryl/α,β-unsaturated/α-hetero) is 1. The van der Waals surface area contributed by atoms with Gasteiger partial charge in [0.2, 0.25) is 12.3 Å². The van der Waals surface area contributed by atoms with Crippen LogP contribution in [0.1, 0.15) is 26.7 Å². The number of nitrogens with one attached hydrogen (secondary N) is 2. The first-order valence-corrected chi connectivity index (χ1v) is 7.75. The van der Waals surface area contributed by atoms with Gasteiger partial charge in [0, 0.05) is 18.9 Å². The van der Waals surface area contributed by atoms with Crippen LogP contribution in [0.4, 0.5) is 0 Å². The molecule has 0 aliphatic rings. The molecule has 0 rings (SSSR count). The summed E-state index contributed by atoms with van der Waals surface area (Å²) in [6.45, 7) is 4.32. The zero-order chi connectivity index (χ0) is 18.4. The van der Waals surface area contributed by atoms with Gasteiger partial charge >= 0.3 is 5.97 Å². The molecule has 0 fully saturated rings. The molecule has 3 N–H and O–H groups in total. The first-order valence-electron chi connectivity index (χ1n) is 7.75. The van der Waals surface area contributed by atoms with Crippen LogP contribution in [0.2, 0.25) is 0 Å². The van der Waals surface area contributed by atoms with Crippen LogP contribution >= 0.6 is 0 Å². The summed E-state index contributed by atoms with van der Waals surface area (Å²) in [6.07, 6.45) is 0.709. The number of carbonyl (C=O) groups is 4. The van der Waals surface area contributed by atoms with E-state index in [1.807, 2.05) is 0 Å². The SMILES string of the molecule is CC(C)C(=O)CC[C@H](NC(=O)COCCOCCNC=O)C(=O)O. The lowest BCUT2D eigenvalue weighted by molar-refractivity contribution is -0.143. The van der Waals surface area contributed by atoms with Crippen LogP contribution in [0.3, 0.4) is 0 Å². The third-order valence-corrected chi connectivity index (χ3v) is 3.04. The van der Waals surface area contributed by atoms with Gasteiger partial charge in [0.05, 0.1) is 19.8 Å². The van der Waals surface area contributed by atoms with Gasteiger partial charge < -0.3 is 25.2 Å². The summed E-state index contributed by atoms with van der Waals surface area (Å²) in [4.78, 5) is 44.2. The number of hydrogen-bond donors (Lipinski definition) is 3. The van der Waals surface area contributed by atoms with Crippen molar-refractivity contribution in [3.05, 3.63) is 0 Å². The highest BCUT2D eigenvalue weighted by Crippen LogP contribution is 2.05. The maximum Gasteiger partial charge on any atom is 0.326 e. The molecule has 2 amide bonds. The molecule has 0 unspecified atom stereocenters. The molecule has 138 valence electrons. The fourth-order valence-corrected chi connectivity index (χ4v) is 1.64. The average molecular weight is 346 g/mol. The van der Waals surface area contributed by atoms with E-state index in [1.54, 1.807) is 13.8 Å². The third kappa shape index (κ3) is 11.6. The summed E-state index contributed by atoms with van der Waals surface area (Å²) in [5.74, 6) is -1.97. The van der Waals surface area contributed by atoms with E-state index in [9.17, 15) is 19.2 Å². The Hall–Kier alpha value is -2.00. The smallest absolute Gasteiger partial charge is 0.326 e. The second-order valence-corrected chi connectivity index (χ2v) is 5.35. The minimum Gasteiger partial charge on any atom is -0.480 e. The minimum absolute atomic E-state index is 0.0466. The molecule has 0 bridgehead atoms. The zero-order valence-electron chi connectivity index (χ0n) is 14.1. The Morgan fingerprint density at radius 1 is 1.12 bits per heavy atom. The van der Waals surface area contributed by atoms with Crippen LogP contribution in [0.5, 0.6) is 0 Å². The molecule has 9 nitrogen and oxygen atoms in total. The maximum atomic E-state index is 11.6. The summed E-state index contributed by atoms with van der Waals surface area (Å²) in [7, 11) is 0. The molecule has 0 saturated carbocycles. The third-order valence-electron chi connectivity index (χ3n) is 3.04. The second-order valence-electron chi connectivity index (χ2n) is 5.35. The van der Waals surface area contributed by atoms with Crippen molar-refractivity contribution >= 4 is 24.1 Å². The highest BCUT2D eigenvalue weighted by Gasteiger charge is 2.21. The van der Waals surface area contributed by atoms with Gasteiger partial charge in [0.25, 0.3) is 0 Å². The van der Waals surface area contributed by atoms with Crippen molar-refractivity contribution in [3.8, 4) is 0 Å². The van der Waals surface area contributed by atoms with E-state index in [0.717, 1.165) is 0 Å². The molecule has 0 aliphatic heterocycles. The first kappa shape index (κ1) is 22.0. The number of hydrogen-bond acceptors (Lipinski definition) is 6. The van der Waals surface area contributed by atoms with Crippen molar-refractivity contribution in [2.24, 2.45) is 5.92 Å². The first-order chi connectivity index (χ1) is 11.4. The quantitative estimate of drug-likeness (QED) is 0.265. The number of rotatable bonds is 15. The van der Waals surface area contributed by atoms with E-state index < -0.39 is 17.9 Å². The van der Waals surface area contributed by atoms with Crippen LogP contribution in [-0.2, 0) is 28.7 Å². The van der Waals surface area contributed by atoms with Gasteiger partial charge in [-0.1, -0.05) is 13.8 Å². The molecule has 24 heavy (non-hydrogen) atoms. The molecule has 9 heteroatoms. The Kier molecular flexibility index (Phi) is 12.3. The highest BCUT2D eigenvalue weighted by atomic mass is 16.5. The predicted molar refractivity (Wildman–Crippen MR) is 84.4 cm³/mol. The van der Waals surface area contributed by atoms with Crippen LogP contribution < -0.4 is 10.6 Å². The van der Waals surface area contributed by atoms with Crippen molar-refractivity contribution in [1.29, 1.82) is 0 Å². The van der Waals surface area contributed by atoms with Crippen molar-refractivity contribution in [2.75, 3.05) is 33.0 Å². The molecular weight excluding hydrogens is 320 g/mol. The molecule has 0 heterocycles. The van der Waals surface area contributed by atoms with Gasteiger partial charge in [-0.3, -0.25) is 14.4 Å². The number of aliphatic carboxylic acids is 1. The fourth-order valence-electron chi connectivity index (χ4n) is 1.64. The number of ether oxygens (including phenoxy) is 2. The van der Waals surface area contributed by atoms with Crippen LogP contribution in [0.15, 0.2) is 0 Å². The lowest BCUT2D eigenvalue weighted by atomic mass is 10.0. The Morgan fingerprint density at radius 3 is 2.38 bits per heavy atom. The molecular formula is C15H26N2O7. The lowest BCUT2D eigenvalue weighted by Crippen LogP contribution is -2.43. The summed E-state index contributed by atoms with van der Waals surface area (Å²) in [5.41, 5.74) is 0. The van der Waals surface area contributed by atoms with Gasteiger partial charge in [-0.2, -0.15) is 0 Å².